The van der Waals surface area contributed by atoms with E-state index >= 15 is 0 Å². The molecule has 2 rings (SSSR count). The zero-order valence-corrected chi connectivity index (χ0v) is 8.47. The molecule has 70 valence electrons. The number of hydrogen-bond acceptors (Lipinski definition) is 4. The Hall–Kier alpha value is -1.13. The summed E-state index contributed by atoms with van der Waals surface area (Å²) < 4.78 is 5.40. The van der Waals surface area contributed by atoms with Crippen LogP contribution in [-0.4, -0.2) is 19.2 Å². The fourth-order valence-corrected chi connectivity index (χ4v) is 1.62. The fraction of sp³-hybridized carbons (Fsp3) is 0.222. The second-order valence-corrected chi connectivity index (χ2v) is 3.49. The third-order valence-electron chi connectivity index (χ3n) is 1.31. The minimum atomic E-state index is 0.640. The van der Waals surface area contributed by atoms with Gasteiger partial charge in [-0.1, -0.05) is 23.5 Å². The number of aromatic nitrogens is 1. The van der Waals surface area contributed by atoms with Crippen molar-refractivity contribution < 1.29 is 4.74 Å². The van der Waals surface area contributed by atoms with E-state index in [9.17, 15) is 0 Å². The van der Waals surface area contributed by atoms with E-state index in [2.05, 4.69) is 9.72 Å². The maximum Gasteiger partial charge on any atom is 0.181 e. The lowest BCUT2D eigenvalue weighted by molar-refractivity contribution is 0.277. The molecule has 0 aliphatic carbocycles. The first kappa shape index (κ1) is 9.95. The highest BCUT2D eigenvalue weighted by Gasteiger charge is 1.96. The van der Waals surface area contributed by atoms with E-state index in [4.69, 9.17) is 5.73 Å². The van der Waals surface area contributed by atoms with Gasteiger partial charge < -0.3 is 10.5 Å². The number of thiazole rings is 1. The molecule has 1 heterocycles. The van der Waals surface area contributed by atoms with Crippen LogP contribution in [0.1, 0.15) is 0 Å². The number of benzene rings is 1. The summed E-state index contributed by atoms with van der Waals surface area (Å²) in [7, 11) is 3.25. The molecule has 0 unspecified atom stereocenters. The van der Waals surface area contributed by atoms with Crippen molar-refractivity contribution in [3.63, 3.8) is 0 Å². The molecule has 1 aromatic heterocycles. The Bertz CT molecular complexity index is 339. The number of para-hydroxylation sites is 1. The molecule has 0 saturated carbocycles. The average Bonchev–Trinajstić information content (AvgIpc) is 2.45. The van der Waals surface area contributed by atoms with Crippen LogP contribution in [0.15, 0.2) is 24.3 Å². The van der Waals surface area contributed by atoms with Gasteiger partial charge in [-0.05, 0) is 12.1 Å². The molecule has 0 bridgehead atoms. The minimum Gasteiger partial charge on any atom is -0.388 e. The SMILES string of the molecule is COC.Nc1nc2ccccc2s1. The summed E-state index contributed by atoms with van der Waals surface area (Å²) >= 11 is 1.52. The third kappa shape index (κ3) is 2.68. The van der Waals surface area contributed by atoms with Gasteiger partial charge in [-0.15, -0.1) is 0 Å². The number of rotatable bonds is 0. The summed E-state index contributed by atoms with van der Waals surface area (Å²) in [6.45, 7) is 0. The molecule has 0 saturated heterocycles. The quantitative estimate of drug-likeness (QED) is 0.702. The van der Waals surface area contributed by atoms with E-state index in [-0.39, 0.29) is 0 Å². The van der Waals surface area contributed by atoms with Crippen LogP contribution < -0.4 is 5.73 Å². The molecule has 3 nitrogen and oxygen atoms in total. The summed E-state index contributed by atoms with van der Waals surface area (Å²) in [5.74, 6) is 0. The zero-order valence-electron chi connectivity index (χ0n) is 7.65. The van der Waals surface area contributed by atoms with Crippen LogP contribution in [0.4, 0.5) is 5.13 Å². The first-order chi connectivity index (χ1) is 6.27. The molecule has 0 fully saturated rings. The van der Waals surface area contributed by atoms with Gasteiger partial charge >= 0.3 is 0 Å². The Morgan fingerprint density at radius 1 is 1.31 bits per heavy atom. The monoisotopic (exact) mass is 196 g/mol. The average molecular weight is 196 g/mol. The van der Waals surface area contributed by atoms with Gasteiger partial charge in [0.25, 0.3) is 0 Å². The van der Waals surface area contributed by atoms with E-state index in [0.717, 1.165) is 10.2 Å². The molecule has 1 aromatic carbocycles. The number of fused-ring (bicyclic) bond motifs is 1. The van der Waals surface area contributed by atoms with Gasteiger partial charge in [-0.25, -0.2) is 4.98 Å². The van der Waals surface area contributed by atoms with Crippen LogP contribution in [-0.2, 0) is 4.74 Å². The highest BCUT2D eigenvalue weighted by atomic mass is 32.1. The zero-order chi connectivity index (χ0) is 9.68. The van der Waals surface area contributed by atoms with Crippen LogP contribution in [0.2, 0.25) is 0 Å². The molecule has 0 aliphatic rings. The molecule has 0 aliphatic heterocycles. The standard InChI is InChI=1S/C7H6N2S.C2H6O/c8-7-9-5-3-1-2-4-6(5)10-7;1-3-2/h1-4H,(H2,8,9);1-2H3. The van der Waals surface area contributed by atoms with Crippen molar-refractivity contribution in [2.45, 2.75) is 0 Å². The summed E-state index contributed by atoms with van der Waals surface area (Å²) in [5.41, 5.74) is 6.49. The van der Waals surface area contributed by atoms with E-state index in [1.54, 1.807) is 14.2 Å². The summed E-state index contributed by atoms with van der Waals surface area (Å²) in [6, 6.07) is 7.92. The van der Waals surface area contributed by atoms with E-state index in [0.29, 0.717) is 5.13 Å². The van der Waals surface area contributed by atoms with Crippen molar-refractivity contribution in [2.75, 3.05) is 20.0 Å². The Balaban J connectivity index is 0.000000251. The van der Waals surface area contributed by atoms with Crippen molar-refractivity contribution in [1.82, 2.24) is 4.98 Å². The normalized spacial score (nSPS) is 9.38. The summed E-state index contributed by atoms with van der Waals surface area (Å²) in [4.78, 5) is 4.11. The summed E-state index contributed by atoms with van der Waals surface area (Å²) in [5, 5.41) is 0.640. The molecule has 0 amide bonds. The highest BCUT2D eigenvalue weighted by Crippen LogP contribution is 2.22. The lowest BCUT2D eigenvalue weighted by atomic mass is 10.3. The highest BCUT2D eigenvalue weighted by molar-refractivity contribution is 7.22. The molecule has 0 spiro atoms. The number of anilines is 1. The number of methoxy groups -OCH3 is 1. The molecule has 13 heavy (non-hydrogen) atoms. The number of nitrogen functional groups attached to an aromatic ring is 1. The first-order valence-electron chi connectivity index (χ1n) is 3.79. The lowest BCUT2D eigenvalue weighted by Crippen LogP contribution is -1.78. The molecule has 2 N–H and O–H groups in total. The second kappa shape index (κ2) is 4.79. The van der Waals surface area contributed by atoms with Gasteiger partial charge in [0.1, 0.15) is 0 Å². The Kier molecular flexibility index (Phi) is 3.67. The van der Waals surface area contributed by atoms with Crippen molar-refractivity contribution in [3.05, 3.63) is 24.3 Å². The third-order valence-corrected chi connectivity index (χ3v) is 2.18. The maximum absolute atomic E-state index is 5.50. The van der Waals surface area contributed by atoms with Crippen LogP contribution in [0, 0.1) is 0 Å². The Morgan fingerprint density at radius 2 is 1.92 bits per heavy atom. The molecular formula is C9H12N2OS. The predicted octanol–water partition coefficient (Wildman–Crippen LogP) is 2.14. The largest absolute Gasteiger partial charge is 0.388 e. The van der Waals surface area contributed by atoms with Gasteiger partial charge in [0, 0.05) is 14.2 Å². The van der Waals surface area contributed by atoms with Crippen LogP contribution in [0.3, 0.4) is 0 Å². The van der Waals surface area contributed by atoms with Crippen molar-refractivity contribution in [3.8, 4) is 0 Å². The second-order valence-electron chi connectivity index (χ2n) is 2.43. The van der Waals surface area contributed by atoms with Gasteiger partial charge in [0.2, 0.25) is 0 Å². The number of ether oxygens (including phenoxy) is 1. The topological polar surface area (TPSA) is 48.1 Å². The molecule has 0 atom stereocenters. The van der Waals surface area contributed by atoms with Crippen molar-refractivity contribution in [1.29, 1.82) is 0 Å². The Morgan fingerprint density at radius 3 is 2.54 bits per heavy atom. The number of hydrogen-bond donors (Lipinski definition) is 1. The van der Waals surface area contributed by atoms with Crippen LogP contribution in [0.25, 0.3) is 10.2 Å². The number of nitrogens with two attached hydrogens (primary N) is 1. The molecule has 2 aromatic rings. The Labute approximate surface area is 81.2 Å². The molecule has 0 radical (unpaired) electrons. The fourth-order valence-electron chi connectivity index (χ4n) is 0.890. The maximum atomic E-state index is 5.50. The van der Waals surface area contributed by atoms with Gasteiger partial charge in [0.15, 0.2) is 5.13 Å². The van der Waals surface area contributed by atoms with E-state index in [1.807, 2.05) is 24.3 Å². The van der Waals surface area contributed by atoms with Crippen LogP contribution in [0.5, 0.6) is 0 Å². The van der Waals surface area contributed by atoms with Crippen molar-refractivity contribution in [2.24, 2.45) is 0 Å². The molecular weight excluding hydrogens is 184 g/mol. The first-order valence-corrected chi connectivity index (χ1v) is 4.60. The predicted molar refractivity (Wildman–Crippen MR) is 57.0 cm³/mol. The minimum absolute atomic E-state index is 0.640. The summed E-state index contributed by atoms with van der Waals surface area (Å²) in [6.07, 6.45) is 0. The van der Waals surface area contributed by atoms with Gasteiger partial charge in [-0.3, -0.25) is 0 Å². The van der Waals surface area contributed by atoms with Crippen molar-refractivity contribution >= 4 is 26.7 Å². The van der Waals surface area contributed by atoms with Crippen LogP contribution >= 0.6 is 11.3 Å². The smallest absolute Gasteiger partial charge is 0.181 e. The van der Waals surface area contributed by atoms with E-state index in [1.165, 1.54) is 11.3 Å². The molecule has 4 heteroatoms. The van der Waals surface area contributed by atoms with Gasteiger partial charge in [0.05, 0.1) is 10.2 Å². The number of nitrogens with zero attached hydrogens (tertiary/aromatic N) is 1. The lowest BCUT2D eigenvalue weighted by Gasteiger charge is -1.80. The van der Waals surface area contributed by atoms with Gasteiger partial charge in [-0.2, -0.15) is 0 Å². The van der Waals surface area contributed by atoms with E-state index < -0.39 is 0 Å².